The molecule has 4 heterocycles. The number of thiazole rings is 2. The van der Waals surface area contributed by atoms with Crippen molar-refractivity contribution in [1.82, 2.24) is 29.5 Å². The maximum Gasteiger partial charge on any atom is 1.00 e. The van der Waals surface area contributed by atoms with Crippen molar-refractivity contribution in [2.45, 2.75) is 58.2 Å². The summed E-state index contributed by atoms with van der Waals surface area (Å²) in [4.78, 5) is 44.8. The summed E-state index contributed by atoms with van der Waals surface area (Å²) in [6.07, 6.45) is 0. The molecule has 0 atom stereocenters. The number of benzene rings is 3. The third kappa shape index (κ3) is 12.8. The normalized spacial score (nSPS) is 11.9. The molecule has 0 aliphatic rings. The number of thioether (sulfide) groups is 2. The Labute approximate surface area is 412 Å². The van der Waals surface area contributed by atoms with Crippen molar-refractivity contribution in [3.8, 4) is 0 Å². The van der Waals surface area contributed by atoms with Gasteiger partial charge < -0.3 is 41.0 Å². The average molecular weight is 1020 g/mol. The number of hydrogen-bond donors (Lipinski definition) is 6. The van der Waals surface area contributed by atoms with E-state index in [1.54, 1.807) is 32.0 Å². The summed E-state index contributed by atoms with van der Waals surface area (Å²) in [7, 11) is -3.70. The molecular weight excluding hydrogens is 980 g/mol. The van der Waals surface area contributed by atoms with E-state index in [0.29, 0.717) is 9.40 Å². The number of halogens is 4. The largest absolute Gasteiger partial charge is 1.00 e. The van der Waals surface area contributed by atoms with E-state index in [1.807, 2.05) is 0 Å². The van der Waals surface area contributed by atoms with Crippen molar-refractivity contribution in [3.63, 3.8) is 0 Å². The van der Waals surface area contributed by atoms with Crippen LogP contribution < -0.4 is 54.9 Å². The predicted molar refractivity (Wildman–Crippen MR) is 241 cm³/mol. The van der Waals surface area contributed by atoms with E-state index in [1.165, 1.54) is 41.0 Å². The van der Waals surface area contributed by atoms with Crippen molar-refractivity contribution in [1.29, 1.82) is 0 Å². The molecule has 7 aromatic rings. The first-order valence-corrected chi connectivity index (χ1v) is 24.3. The number of fused-ring (bicyclic) bond motifs is 2. The molecule has 66 heavy (non-hydrogen) atoms. The zero-order valence-corrected chi connectivity index (χ0v) is 41.2. The molecule has 0 radical (unpaired) electrons. The maximum atomic E-state index is 14.2. The Morgan fingerprint density at radius 3 is 1.71 bits per heavy atom. The van der Waals surface area contributed by atoms with Gasteiger partial charge in [0.1, 0.15) is 10.5 Å². The Kier molecular flexibility index (Phi) is 18.4. The molecule has 0 fully saturated rings. The second-order valence-electron chi connectivity index (χ2n) is 14.7. The second-order valence-corrected chi connectivity index (χ2v) is 20.6. The molecule has 16 nitrogen and oxygen atoms in total. The molecule has 0 spiro atoms. The number of anilines is 2. The molecule has 3 aromatic carbocycles. The van der Waals surface area contributed by atoms with Gasteiger partial charge >= 0.3 is 34.4 Å². The summed E-state index contributed by atoms with van der Waals surface area (Å²) in [6, 6.07) is 15.6. The molecule has 346 valence electrons. The second kappa shape index (κ2) is 22.9. The molecule has 0 amide bonds. The fourth-order valence-corrected chi connectivity index (χ4v) is 10.0. The third-order valence-electron chi connectivity index (χ3n) is 9.41. The van der Waals surface area contributed by atoms with Crippen LogP contribution in [0.15, 0.2) is 91.5 Å². The molecule has 0 bridgehead atoms. The molecule has 7 rings (SSSR count). The molecule has 4 aromatic heterocycles. The van der Waals surface area contributed by atoms with Gasteiger partial charge in [-0.05, 0) is 43.8 Å². The van der Waals surface area contributed by atoms with E-state index < -0.39 is 67.1 Å². The van der Waals surface area contributed by atoms with Gasteiger partial charge in [-0.15, -0.1) is 11.8 Å². The van der Waals surface area contributed by atoms with Crippen molar-refractivity contribution >= 4 is 88.4 Å². The SMILES string of the molecule is CC(CO)(CO)Nc1nc(SCc2cccc(F)c2F)nc2[n-]c(=O)sc12.CC(CO)(CO)Nc1nc(SCc2cccc(F)c2F)nc2c1sc(=O)n2CCS(=O)(=O)c1ccccc1.[Na+]. The van der Waals surface area contributed by atoms with E-state index in [4.69, 9.17) is 0 Å². The fourth-order valence-electron chi connectivity index (χ4n) is 5.60. The molecule has 0 aliphatic heterocycles. The van der Waals surface area contributed by atoms with E-state index in [9.17, 15) is 56.0 Å². The molecule has 26 heteroatoms. The van der Waals surface area contributed by atoms with Crippen LogP contribution in [0.5, 0.6) is 0 Å². The van der Waals surface area contributed by atoms with Gasteiger partial charge in [-0.1, -0.05) is 76.9 Å². The third-order valence-corrected chi connectivity index (χ3v) is 14.7. The molecular formula is C40H39F4N8NaO8S5. The molecule has 0 aliphatic carbocycles. The van der Waals surface area contributed by atoms with Crippen molar-refractivity contribution < 1.29 is 76.0 Å². The monoisotopic (exact) mass is 1020 g/mol. The quantitative estimate of drug-likeness (QED) is 0.0311. The molecule has 0 unspecified atom stereocenters. The topological polar surface area (TPSA) is 244 Å². The number of sulfone groups is 1. The summed E-state index contributed by atoms with van der Waals surface area (Å²) < 4.78 is 82.5. The van der Waals surface area contributed by atoms with Gasteiger partial charge in [0.25, 0.3) is 0 Å². The van der Waals surface area contributed by atoms with Crippen LogP contribution in [0.4, 0.5) is 29.2 Å². The zero-order chi connectivity index (χ0) is 47.1. The number of nitrogens with one attached hydrogen (secondary N) is 2. The number of aromatic nitrogens is 6. The Morgan fingerprint density at radius 2 is 1.20 bits per heavy atom. The molecule has 0 saturated carbocycles. The summed E-state index contributed by atoms with van der Waals surface area (Å²) in [6.45, 7) is 1.25. The molecule has 0 saturated heterocycles. The Hall–Kier alpha value is -3.99. The fraction of sp³-hybridized carbons (Fsp3) is 0.300. The predicted octanol–water partition coefficient (Wildman–Crippen LogP) is 1.79. The average Bonchev–Trinajstić information content (AvgIpc) is 3.84. The van der Waals surface area contributed by atoms with Gasteiger partial charge in [-0.25, -0.2) is 40.9 Å². The maximum absolute atomic E-state index is 14.2. The van der Waals surface area contributed by atoms with E-state index in [2.05, 4.69) is 35.6 Å². The van der Waals surface area contributed by atoms with Crippen molar-refractivity contribution in [2.24, 2.45) is 0 Å². The van der Waals surface area contributed by atoms with E-state index in [-0.39, 0.29) is 116 Å². The number of rotatable bonds is 18. The number of aliphatic hydroxyl groups excluding tert-OH is 4. The first-order valence-electron chi connectivity index (χ1n) is 19.1. The minimum Gasteiger partial charge on any atom is -0.413 e. The van der Waals surface area contributed by atoms with Crippen LogP contribution in [-0.2, 0) is 27.9 Å². The minimum absolute atomic E-state index is 0. The summed E-state index contributed by atoms with van der Waals surface area (Å²) in [5, 5.41) is 44.6. The van der Waals surface area contributed by atoms with Gasteiger partial charge in [0.05, 0.1) is 58.0 Å². The van der Waals surface area contributed by atoms with E-state index >= 15 is 0 Å². The minimum atomic E-state index is -3.70. The van der Waals surface area contributed by atoms with Crippen LogP contribution in [0.1, 0.15) is 25.0 Å². The Balaban J connectivity index is 0.000000258. The summed E-state index contributed by atoms with van der Waals surface area (Å²) >= 11 is 3.64. The standard InChI is InChI=1S/C24H24F2N4O5S3.C16H16F2N4O3S2.Na/c1-24(13-31,14-32)29-20-19-21(28-22(27-20)36-12-15-6-5-9-17(25)18(15)26)30(23(33)37-19)10-11-38(34,35)16-7-3-2-4-8-16;1-16(6-23,7-24)22-13-11-12(21-15(25)27-11)19-14(20-13)26-5-8-3-2-4-9(17)10(8)18;/h2-9,31-32H,10-14H2,1H3,(H,27,28,29);2-4,23-24H,5-7H2,1H3,(H2,19,20,21,22,25);/q;;+1/p-1. The van der Waals surface area contributed by atoms with Gasteiger partial charge in [-0.3, -0.25) is 14.2 Å². The number of aryl methyl sites for hydroxylation is 1. The van der Waals surface area contributed by atoms with Crippen LogP contribution in [0.25, 0.3) is 20.7 Å². The molecule has 6 N–H and O–H groups in total. The summed E-state index contributed by atoms with van der Waals surface area (Å²) in [5.41, 5.74) is -1.75. The van der Waals surface area contributed by atoms with Crippen LogP contribution in [0.2, 0.25) is 0 Å². The van der Waals surface area contributed by atoms with Crippen LogP contribution in [0.3, 0.4) is 0 Å². The first kappa shape index (κ1) is 53.0. The summed E-state index contributed by atoms with van der Waals surface area (Å²) in [5.74, 6) is -3.82. The van der Waals surface area contributed by atoms with Gasteiger partial charge in [0, 0.05) is 29.2 Å². The smallest absolute Gasteiger partial charge is 0.413 e. The van der Waals surface area contributed by atoms with Crippen LogP contribution >= 0.6 is 46.2 Å². The number of nitrogens with zero attached hydrogens (tertiary/aromatic N) is 6. The number of hydrogen-bond acceptors (Lipinski definition) is 18. The number of aliphatic hydroxyl groups is 4. The van der Waals surface area contributed by atoms with Gasteiger partial charge in [-0.2, -0.15) is 0 Å². The van der Waals surface area contributed by atoms with Crippen LogP contribution in [-0.4, -0.2) is 96.6 Å². The Bertz CT molecular complexity index is 3030. The van der Waals surface area contributed by atoms with Crippen molar-refractivity contribution in [3.05, 3.63) is 120 Å². The van der Waals surface area contributed by atoms with Gasteiger partial charge in [0.2, 0.25) is 4.87 Å². The Morgan fingerprint density at radius 1 is 0.697 bits per heavy atom. The van der Waals surface area contributed by atoms with Crippen LogP contribution in [0, 0.1) is 23.3 Å². The van der Waals surface area contributed by atoms with Crippen molar-refractivity contribution in [2.75, 3.05) is 42.8 Å². The van der Waals surface area contributed by atoms with Gasteiger partial charge in [0.15, 0.2) is 49.7 Å². The van der Waals surface area contributed by atoms with E-state index in [0.717, 1.165) is 58.3 Å². The first-order chi connectivity index (χ1) is 30.9. The zero-order valence-electron chi connectivity index (χ0n) is 35.2.